The molecule has 0 bridgehead atoms. The molecule has 112 valence electrons. The average molecular weight is 284 g/mol. The van der Waals surface area contributed by atoms with Gasteiger partial charge in [0.25, 0.3) is 5.56 Å². The second-order valence-corrected chi connectivity index (χ2v) is 4.73. The summed E-state index contributed by atoms with van der Waals surface area (Å²) < 4.78 is 11.7. The molecule has 7 nitrogen and oxygen atoms in total. The Morgan fingerprint density at radius 3 is 2.65 bits per heavy atom. The van der Waals surface area contributed by atoms with Crippen LogP contribution in [-0.4, -0.2) is 35.3 Å². The smallest absolute Gasteiger partial charge is 0.328 e. The lowest BCUT2D eigenvalue weighted by atomic mass is 10.2. The van der Waals surface area contributed by atoms with E-state index in [2.05, 4.69) is 4.98 Å². The molecule has 0 radical (unpaired) electrons. The molecule has 1 heterocycles. The third-order valence-electron chi connectivity index (χ3n) is 2.81. The van der Waals surface area contributed by atoms with Gasteiger partial charge in [-0.3, -0.25) is 14.6 Å². The highest BCUT2D eigenvalue weighted by Crippen LogP contribution is 2.03. The summed E-state index contributed by atoms with van der Waals surface area (Å²) in [5.74, 6) is -0.470. The van der Waals surface area contributed by atoms with Crippen molar-refractivity contribution < 1.29 is 14.3 Å². The Morgan fingerprint density at radius 2 is 2.10 bits per heavy atom. The molecule has 0 saturated carbocycles. The van der Waals surface area contributed by atoms with Crippen LogP contribution in [0.25, 0.3) is 0 Å². The minimum Gasteiger partial charge on any atom is -0.463 e. The molecule has 0 aliphatic carbocycles. The van der Waals surface area contributed by atoms with Crippen molar-refractivity contribution in [3.8, 4) is 0 Å². The van der Waals surface area contributed by atoms with Gasteiger partial charge in [0, 0.05) is 25.9 Å². The van der Waals surface area contributed by atoms with E-state index in [0.29, 0.717) is 13.0 Å². The van der Waals surface area contributed by atoms with Crippen LogP contribution in [0.15, 0.2) is 21.9 Å². The maximum Gasteiger partial charge on any atom is 0.328 e. The molecule has 0 fully saturated rings. The van der Waals surface area contributed by atoms with Crippen molar-refractivity contribution in [1.82, 2.24) is 9.55 Å². The number of esters is 1. The van der Waals surface area contributed by atoms with Crippen molar-refractivity contribution in [2.75, 3.05) is 13.7 Å². The highest BCUT2D eigenvalue weighted by atomic mass is 16.6. The van der Waals surface area contributed by atoms with E-state index < -0.39 is 11.2 Å². The normalized spacial score (nSPS) is 12.4. The van der Waals surface area contributed by atoms with E-state index in [1.54, 1.807) is 13.8 Å². The highest BCUT2D eigenvalue weighted by molar-refractivity contribution is 5.71. The Hall–Kier alpha value is -1.89. The lowest BCUT2D eigenvalue weighted by Gasteiger charge is -2.16. The van der Waals surface area contributed by atoms with Crippen LogP contribution >= 0.6 is 0 Å². The zero-order chi connectivity index (χ0) is 15.1. The molecule has 0 saturated heterocycles. The van der Waals surface area contributed by atoms with Crippen molar-refractivity contribution in [3.63, 3.8) is 0 Å². The molecular formula is C13H20N2O5. The fraction of sp³-hybridized carbons (Fsp3) is 0.615. The van der Waals surface area contributed by atoms with Gasteiger partial charge < -0.3 is 14.0 Å². The number of aromatic nitrogens is 2. The first kappa shape index (κ1) is 16.2. The molecule has 1 N–H and O–H groups in total. The van der Waals surface area contributed by atoms with Crippen molar-refractivity contribution >= 4 is 5.97 Å². The summed E-state index contributed by atoms with van der Waals surface area (Å²) in [6.45, 7) is 4.02. The van der Waals surface area contributed by atoms with E-state index in [9.17, 15) is 14.4 Å². The highest BCUT2D eigenvalue weighted by Gasteiger charge is 2.14. The van der Waals surface area contributed by atoms with Gasteiger partial charge >= 0.3 is 11.7 Å². The van der Waals surface area contributed by atoms with E-state index in [-0.39, 0.29) is 24.6 Å². The lowest BCUT2D eigenvalue weighted by molar-refractivity contribution is -0.151. The fourth-order valence-electron chi connectivity index (χ4n) is 1.51. The van der Waals surface area contributed by atoms with Crippen LogP contribution < -0.4 is 11.2 Å². The van der Waals surface area contributed by atoms with Crippen LogP contribution in [0.1, 0.15) is 20.3 Å². The van der Waals surface area contributed by atoms with Gasteiger partial charge in [-0.2, -0.15) is 0 Å². The first-order valence-electron chi connectivity index (χ1n) is 6.43. The number of aryl methyl sites for hydroxylation is 1. The third kappa shape index (κ3) is 5.00. The Balaban J connectivity index is 2.51. The first-order chi connectivity index (χ1) is 9.43. The molecule has 0 amide bonds. The predicted molar refractivity (Wildman–Crippen MR) is 72.5 cm³/mol. The van der Waals surface area contributed by atoms with Crippen molar-refractivity contribution in [1.29, 1.82) is 0 Å². The van der Waals surface area contributed by atoms with E-state index in [0.717, 1.165) is 0 Å². The number of ether oxygens (including phenoxy) is 2. The summed E-state index contributed by atoms with van der Waals surface area (Å²) in [6.07, 6.45) is 1.62. The Morgan fingerprint density at radius 1 is 1.40 bits per heavy atom. The zero-order valence-electron chi connectivity index (χ0n) is 11.9. The first-order valence-corrected chi connectivity index (χ1v) is 6.43. The molecular weight excluding hydrogens is 264 g/mol. The average Bonchev–Trinajstić information content (AvgIpc) is 2.40. The van der Waals surface area contributed by atoms with Gasteiger partial charge in [-0.1, -0.05) is 13.8 Å². The van der Waals surface area contributed by atoms with E-state index in [1.165, 1.54) is 23.9 Å². The topological polar surface area (TPSA) is 90.4 Å². The van der Waals surface area contributed by atoms with Gasteiger partial charge in [-0.15, -0.1) is 0 Å². The van der Waals surface area contributed by atoms with Crippen LogP contribution in [0.5, 0.6) is 0 Å². The molecule has 7 heteroatoms. The number of carbonyl (C=O) groups is 1. The van der Waals surface area contributed by atoms with Crippen LogP contribution in [0.4, 0.5) is 0 Å². The molecule has 1 rings (SSSR count). The third-order valence-corrected chi connectivity index (χ3v) is 2.81. The lowest BCUT2D eigenvalue weighted by Crippen LogP contribution is -2.31. The van der Waals surface area contributed by atoms with Gasteiger partial charge in [-0.05, 0) is 6.42 Å². The molecule has 1 atom stereocenters. The molecule has 1 unspecified atom stereocenters. The number of H-pyrrole nitrogens is 1. The fourth-order valence-corrected chi connectivity index (χ4v) is 1.51. The monoisotopic (exact) mass is 284 g/mol. The second kappa shape index (κ2) is 7.64. The molecule has 0 aliphatic heterocycles. The molecule has 0 spiro atoms. The Bertz CT molecular complexity index is 546. The second-order valence-electron chi connectivity index (χ2n) is 4.73. The van der Waals surface area contributed by atoms with Crippen LogP contribution in [0.3, 0.4) is 0 Å². The van der Waals surface area contributed by atoms with Gasteiger partial charge in [0.05, 0.1) is 12.0 Å². The predicted octanol–water partition coefficient (Wildman–Crippen LogP) is 0.141. The largest absolute Gasteiger partial charge is 0.463 e. The van der Waals surface area contributed by atoms with Crippen LogP contribution in [0.2, 0.25) is 0 Å². The van der Waals surface area contributed by atoms with Crippen molar-refractivity contribution in [3.05, 3.63) is 33.1 Å². The summed E-state index contributed by atoms with van der Waals surface area (Å²) in [4.78, 5) is 35.9. The number of aromatic amines is 1. The quantitative estimate of drug-likeness (QED) is 0.719. The number of carbonyl (C=O) groups excluding carboxylic acids is 1. The summed E-state index contributed by atoms with van der Waals surface area (Å²) in [7, 11) is 1.52. The number of hydrogen-bond donors (Lipinski definition) is 1. The number of rotatable bonds is 7. The summed E-state index contributed by atoms with van der Waals surface area (Å²) in [5.41, 5.74) is -0.896. The van der Waals surface area contributed by atoms with Gasteiger partial charge in [-0.25, -0.2) is 4.79 Å². The van der Waals surface area contributed by atoms with E-state index in [4.69, 9.17) is 9.47 Å². The number of hydrogen-bond acceptors (Lipinski definition) is 5. The van der Waals surface area contributed by atoms with Gasteiger partial charge in [0.1, 0.15) is 6.61 Å². The SMILES string of the molecule is COC(CCn1ccc(=O)[nH]c1=O)COC(=O)C(C)C. The molecule has 20 heavy (non-hydrogen) atoms. The Kier molecular flexibility index (Phi) is 6.17. The minimum absolute atomic E-state index is 0.144. The molecule has 1 aromatic heterocycles. The minimum atomic E-state index is -0.466. The number of nitrogens with one attached hydrogen (secondary N) is 1. The van der Waals surface area contributed by atoms with Crippen LogP contribution in [0, 0.1) is 5.92 Å². The van der Waals surface area contributed by atoms with E-state index in [1.807, 2.05) is 0 Å². The van der Waals surface area contributed by atoms with Gasteiger partial charge in [0.2, 0.25) is 0 Å². The standard InChI is InChI=1S/C13H20N2O5/c1-9(2)12(17)20-8-10(19-3)4-6-15-7-5-11(16)14-13(15)18/h5,7,9-10H,4,6,8H2,1-3H3,(H,14,16,18). The molecule has 0 aliphatic rings. The number of methoxy groups -OCH3 is 1. The van der Waals surface area contributed by atoms with E-state index >= 15 is 0 Å². The summed E-state index contributed by atoms with van der Waals surface area (Å²) in [5, 5.41) is 0. The van der Waals surface area contributed by atoms with Crippen molar-refractivity contribution in [2.45, 2.75) is 32.9 Å². The molecule has 0 aromatic carbocycles. The number of nitrogens with zero attached hydrogens (tertiary/aromatic N) is 1. The van der Waals surface area contributed by atoms with Gasteiger partial charge in [0.15, 0.2) is 0 Å². The summed E-state index contributed by atoms with van der Waals surface area (Å²) >= 11 is 0. The maximum absolute atomic E-state index is 11.5. The van der Waals surface area contributed by atoms with Crippen LogP contribution in [-0.2, 0) is 20.8 Å². The molecule has 1 aromatic rings. The Labute approximate surface area is 116 Å². The van der Waals surface area contributed by atoms with Crippen molar-refractivity contribution in [2.24, 2.45) is 5.92 Å². The maximum atomic E-state index is 11.5. The zero-order valence-corrected chi connectivity index (χ0v) is 11.9. The summed E-state index contributed by atoms with van der Waals surface area (Å²) in [6, 6.07) is 1.28.